The number of piperazine rings is 1. The van der Waals surface area contributed by atoms with Crippen LogP contribution < -0.4 is 21.3 Å². The maximum Gasteiger partial charge on any atom is 0.252 e. The van der Waals surface area contributed by atoms with E-state index in [9.17, 15) is 33.2 Å². The maximum absolute atomic E-state index is 15.0. The first-order valence-corrected chi connectivity index (χ1v) is 28.5. The average Bonchev–Trinajstić information content (AvgIpc) is 4.24. The molecule has 4 amide bonds. The first kappa shape index (κ1) is 61.1. The quantitative estimate of drug-likeness (QED) is 0.0674. The lowest BCUT2D eigenvalue weighted by Crippen LogP contribution is -2.61. The van der Waals surface area contributed by atoms with Crippen molar-refractivity contribution in [1.29, 1.82) is 0 Å². The molecule has 0 spiro atoms. The number of carbonyl (C=O) groups is 6. The number of morpholine rings is 1. The van der Waals surface area contributed by atoms with Gasteiger partial charge in [-0.3, -0.25) is 38.6 Å². The minimum atomic E-state index is -1.38. The molecule has 4 aromatic carbocycles. The molecule has 19 heteroatoms. The number of amides is 4. The van der Waals surface area contributed by atoms with E-state index in [1.165, 1.54) is 23.1 Å². The van der Waals surface area contributed by atoms with E-state index in [1.807, 2.05) is 39.0 Å². The molecule has 0 radical (unpaired) electrons. The molecule has 0 aromatic heterocycles. The first-order valence-electron chi connectivity index (χ1n) is 28.5. The molecule has 81 heavy (non-hydrogen) atoms. The highest BCUT2D eigenvalue weighted by atomic mass is 35.5. The van der Waals surface area contributed by atoms with Crippen LogP contribution in [0.2, 0.25) is 0 Å². The van der Waals surface area contributed by atoms with Crippen LogP contribution in [0.3, 0.4) is 0 Å². The van der Waals surface area contributed by atoms with Crippen molar-refractivity contribution in [3.05, 3.63) is 130 Å². The van der Waals surface area contributed by atoms with Gasteiger partial charge in [-0.05, 0) is 129 Å². The summed E-state index contributed by atoms with van der Waals surface area (Å²) in [4.78, 5) is 91.9. The Bertz CT molecular complexity index is 2930. The Morgan fingerprint density at radius 1 is 0.852 bits per heavy atom. The molecular weight excluding hydrogens is 1060 g/mol. The SMILES string of the molecule is CC[C@@H](C)C(=O)C[C@H](C(=O)N1Cc2ccc(NC(=O)CCNC(=O)[C@]3(C)CC(C(=O)CN4C[C@@H](C)NC[C@@H]4CN4CCOC[C@H]4C)c4cc(Cc5ccc(F)cc5)ccc43)cc2[C@H]1C(=O)Nc1c(F)cccc1F)C1CCOCC1.Cl. The van der Waals surface area contributed by atoms with Crippen molar-refractivity contribution in [2.45, 2.75) is 122 Å². The highest BCUT2D eigenvalue weighted by Crippen LogP contribution is 2.48. The molecule has 1 aliphatic carbocycles. The van der Waals surface area contributed by atoms with Crippen LogP contribution in [0.15, 0.2) is 78.9 Å². The summed E-state index contributed by atoms with van der Waals surface area (Å²) in [5.41, 5.74) is 2.74. The van der Waals surface area contributed by atoms with Gasteiger partial charge in [0.25, 0.3) is 5.91 Å². The van der Waals surface area contributed by atoms with E-state index < -0.39 is 58.3 Å². The zero-order valence-corrected chi connectivity index (χ0v) is 47.8. The van der Waals surface area contributed by atoms with Crippen LogP contribution in [0.4, 0.5) is 24.5 Å². The van der Waals surface area contributed by atoms with Crippen LogP contribution in [0.25, 0.3) is 0 Å². The second-order valence-electron chi connectivity index (χ2n) is 23.0. The molecule has 1 unspecified atom stereocenters. The summed E-state index contributed by atoms with van der Waals surface area (Å²) < 4.78 is 55.2. The number of hydrogen-bond donors (Lipinski definition) is 4. The number of nitrogens with zero attached hydrogens (tertiary/aromatic N) is 3. The molecule has 4 aromatic rings. The van der Waals surface area contributed by atoms with E-state index in [-0.39, 0.29) is 110 Å². The molecule has 8 atom stereocenters. The average molecular weight is 1140 g/mol. The lowest BCUT2D eigenvalue weighted by Gasteiger charge is -2.43. The number of anilines is 2. The highest BCUT2D eigenvalue weighted by Gasteiger charge is 2.49. The predicted octanol–water partition coefficient (Wildman–Crippen LogP) is 8.03. The van der Waals surface area contributed by atoms with Crippen LogP contribution in [-0.2, 0) is 56.6 Å². The fraction of sp³-hybridized carbons (Fsp3) is 0.516. The van der Waals surface area contributed by atoms with E-state index in [0.717, 1.165) is 54.0 Å². The van der Waals surface area contributed by atoms with Gasteiger partial charge >= 0.3 is 0 Å². The lowest BCUT2D eigenvalue weighted by atomic mass is 9.80. The van der Waals surface area contributed by atoms with Crippen molar-refractivity contribution < 1.29 is 51.4 Å². The summed E-state index contributed by atoms with van der Waals surface area (Å²) in [5, 5.41) is 11.8. The van der Waals surface area contributed by atoms with Gasteiger partial charge in [0.05, 0.1) is 25.2 Å². The first-order chi connectivity index (χ1) is 38.4. The number of para-hydroxylation sites is 1. The van der Waals surface area contributed by atoms with Crippen molar-refractivity contribution >= 4 is 59.0 Å². The molecule has 5 aliphatic rings. The third-order valence-corrected chi connectivity index (χ3v) is 17.4. The van der Waals surface area contributed by atoms with Crippen molar-refractivity contribution in [3.8, 4) is 0 Å². The number of ketones is 2. The van der Waals surface area contributed by atoms with E-state index in [1.54, 1.807) is 30.3 Å². The topological polar surface area (TPSA) is 179 Å². The number of nitrogens with one attached hydrogen (secondary N) is 4. The predicted molar refractivity (Wildman–Crippen MR) is 304 cm³/mol. The minimum Gasteiger partial charge on any atom is -0.381 e. The van der Waals surface area contributed by atoms with Gasteiger partial charge in [-0.25, -0.2) is 13.2 Å². The summed E-state index contributed by atoms with van der Waals surface area (Å²) in [7, 11) is 0. The van der Waals surface area contributed by atoms with E-state index >= 15 is 8.78 Å². The number of rotatable bonds is 20. The third-order valence-electron chi connectivity index (χ3n) is 17.4. The van der Waals surface area contributed by atoms with Crippen LogP contribution in [0, 0.1) is 35.2 Å². The van der Waals surface area contributed by atoms with Crippen LogP contribution >= 0.6 is 12.4 Å². The van der Waals surface area contributed by atoms with Crippen LogP contribution in [-0.4, -0.2) is 134 Å². The molecule has 4 aliphatic heterocycles. The fourth-order valence-electron chi connectivity index (χ4n) is 12.5. The Morgan fingerprint density at radius 2 is 1.58 bits per heavy atom. The fourth-order valence-corrected chi connectivity index (χ4v) is 12.5. The smallest absolute Gasteiger partial charge is 0.252 e. The zero-order chi connectivity index (χ0) is 56.8. The van der Waals surface area contributed by atoms with Crippen molar-refractivity contribution in [1.82, 2.24) is 25.3 Å². The van der Waals surface area contributed by atoms with Gasteiger partial charge in [0, 0.05) is 107 Å². The Labute approximate surface area is 479 Å². The third kappa shape index (κ3) is 14.1. The Kier molecular flexibility index (Phi) is 20.3. The Morgan fingerprint density at radius 3 is 2.30 bits per heavy atom. The van der Waals surface area contributed by atoms with Gasteiger partial charge in [-0.15, -0.1) is 12.4 Å². The lowest BCUT2D eigenvalue weighted by molar-refractivity contribution is -0.147. The summed E-state index contributed by atoms with van der Waals surface area (Å²) in [6.45, 7) is 15.2. The number of fused-ring (bicyclic) bond motifs is 2. The van der Waals surface area contributed by atoms with E-state index in [4.69, 9.17) is 9.47 Å². The number of ether oxygens (including phenoxy) is 2. The summed E-state index contributed by atoms with van der Waals surface area (Å²) in [6.07, 6.45) is 2.22. The molecule has 9 rings (SSSR count). The summed E-state index contributed by atoms with van der Waals surface area (Å²) in [5.74, 6) is -6.34. The number of halogens is 4. The molecule has 0 saturated carbocycles. The normalized spacial score (nSPS) is 23.8. The molecule has 3 fully saturated rings. The molecule has 0 bridgehead atoms. The zero-order valence-electron chi connectivity index (χ0n) is 47.0. The molecule has 436 valence electrons. The molecule has 15 nitrogen and oxygen atoms in total. The highest BCUT2D eigenvalue weighted by molar-refractivity contribution is 6.01. The van der Waals surface area contributed by atoms with Crippen LogP contribution in [0.5, 0.6) is 0 Å². The number of Topliss-reactive ketones (excluding diaryl/α,β-unsaturated/α-hetero) is 2. The van der Waals surface area contributed by atoms with Gasteiger partial charge in [0.15, 0.2) is 5.78 Å². The van der Waals surface area contributed by atoms with Gasteiger partial charge in [-0.2, -0.15) is 0 Å². The minimum absolute atomic E-state index is 0. The Balaban J connectivity index is 0.00000860. The standard InChI is InChI=1S/C62H76F3N7O8.ClH/c1-6-37(2)54(73)29-48(42-19-23-79-24-20-42)60(77)72-33-43-13-16-45(28-47(43)58(72)59(76)69-57-52(64)8-7-9-53(57)65)68-56(75)18-21-66-61(78)62(5)30-50(49-27-41(12-17-51(49)62)26-40-10-14-44(63)15-11-40)55(74)35-71-32-38(3)67-31-46(71)34-70-22-25-80-36-39(70)4;/h7-17,27-28,37-39,42,46,48,50,58,67H,6,18-26,29-36H2,1-5H3,(H,66,78)(H,68,75)(H,69,76);1H/t37-,38-,39-,46-,48+,50?,58+,62-;/m1./s1. The maximum atomic E-state index is 15.0. The molecule has 4 N–H and O–H groups in total. The second-order valence-corrected chi connectivity index (χ2v) is 23.0. The van der Waals surface area contributed by atoms with Crippen molar-refractivity contribution in [2.24, 2.45) is 17.8 Å². The number of hydrogen-bond acceptors (Lipinski definition) is 11. The Hall–Kier alpha value is -6.02. The number of benzene rings is 4. The second kappa shape index (κ2) is 26.9. The molecule has 3 saturated heterocycles. The molecule has 4 heterocycles. The van der Waals surface area contributed by atoms with E-state index in [0.29, 0.717) is 69.8 Å². The van der Waals surface area contributed by atoms with Crippen molar-refractivity contribution in [3.63, 3.8) is 0 Å². The van der Waals surface area contributed by atoms with Crippen LogP contribution in [0.1, 0.15) is 118 Å². The van der Waals surface area contributed by atoms with Gasteiger partial charge in [0.1, 0.15) is 35.0 Å². The van der Waals surface area contributed by atoms with Gasteiger partial charge < -0.3 is 35.6 Å². The van der Waals surface area contributed by atoms with Gasteiger partial charge in [0.2, 0.25) is 17.7 Å². The summed E-state index contributed by atoms with van der Waals surface area (Å²) >= 11 is 0. The van der Waals surface area contributed by atoms with Crippen molar-refractivity contribution in [2.75, 3.05) is 76.3 Å². The van der Waals surface area contributed by atoms with E-state index in [2.05, 4.69) is 44.9 Å². The summed E-state index contributed by atoms with van der Waals surface area (Å²) in [6, 6.07) is 19.4. The van der Waals surface area contributed by atoms with Gasteiger partial charge in [-0.1, -0.05) is 56.3 Å². The monoisotopic (exact) mass is 1140 g/mol. The largest absolute Gasteiger partial charge is 0.381 e. The number of carbonyl (C=O) groups excluding carboxylic acids is 6. The molecular formula is C62H77ClF3N7O8.